The standard InChI is InChI=1S/C7H7BrN6S/c1-14-7(10-3-11-14)15-6-12-4(8)2-5(9)13-6/h2-3H,1H3,(H2,9,12,13). The fourth-order valence-corrected chi connectivity index (χ4v) is 2.18. The van der Waals surface area contributed by atoms with E-state index in [0.29, 0.717) is 20.7 Å². The average molecular weight is 287 g/mol. The predicted molar refractivity (Wildman–Crippen MR) is 59.3 cm³/mol. The van der Waals surface area contributed by atoms with Crippen LogP contribution >= 0.6 is 27.7 Å². The predicted octanol–water partition coefficient (Wildman–Crippen LogP) is 1.10. The van der Waals surface area contributed by atoms with Crippen LogP contribution in [0.1, 0.15) is 0 Å². The van der Waals surface area contributed by atoms with Gasteiger partial charge in [-0.25, -0.2) is 19.6 Å². The average Bonchev–Trinajstić information content (AvgIpc) is 2.50. The zero-order valence-electron chi connectivity index (χ0n) is 7.75. The van der Waals surface area contributed by atoms with Crippen molar-refractivity contribution < 1.29 is 0 Å². The van der Waals surface area contributed by atoms with Crippen LogP contribution in [0, 0.1) is 0 Å². The molecule has 2 aromatic rings. The highest BCUT2D eigenvalue weighted by Crippen LogP contribution is 2.23. The molecule has 0 atom stereocenters. The van der Waals surface area contributed by atoms with Gasteiger partial charge in [0, 0.05) is 13.1 Å². The Morgan fingerprint density at radius 2 is 2.27 bits per heavy atom. The summed E-state index contributed by atoms with van der Waals surface area (Å²) in [6.07, 6.45) is 1.48. The van der Waals surface area contributed by atoms with E-state index in [1.165, 1.54) is 18.1 Å². The molecule has 2 N–H and O–H groups in total. The van der Waals surface area contributed by atoms with Crippen molar-refractivity contribution in [2.75, 3.05) is 5.73 Å². The third kappa shape index (κ3) is 2.45. The number of nitrogens with zero attached hydrogens (tertiary/aromatic N) is 5. The first-order valence-electron chi connectivity index (χ1n) is 3.97. The summed E-state index contributed by atoms with van der Waals surface area (Å²) in [7, 11) is 1.80. The Morgan fingerprint density at radius 1 is 1.47 bits per heavy atom. The van der Waals surface area contributed by atoms with Crippen LogP contribution < -0.4 is 5.73 Å². The van der Waals surface area contributed by atoms with E-state index in [4.69, 9.17) is 5.73 Å². The summed E-state index contributed by atoms with van der Waals surface area (Å²) < 4.78 is 2.30. The van der Waals surface area contributed by atoms with E-state index in [2.05, 4.69) is 36.0 Å². The van der Waals surface area contributed by atoms with Crippen LogP contribution in [0.25, 0.3) is 0 Å². The van der Waals surface area contributed by atoms with Crippen molar-refractivity contribution in [3.05, 3.63) is 17.0 Å². The molecule has 0 bridgehead atoms. The third-order valence-electron chi connectivity index (χ3n) is 1.55. The summed E-state index contributed by atoms with van der Waals surface area (Å²) >= 11 is 4.55. The van der Waals surface area contributed by atoms with Gasteiger partial charge in [-0.1, -0.05) is 0 Å². The maximum Gasteiger partial charge on any atom is 0.198 e. The number of nitrogens with two attached hydrogens (primary N) is 1. The lowest BCUT2D eigenvalue weighted by Gasteiger charge is -2.00. The van der Waals surface area contributed by atoms with Gasteiger partial charge >= 0.3 is 0 Å². The molecular formula is C7H7BrN6S. The van der Waals surface area contributed by atoms with Gasteiger partial charge in [0.15, 0.2) is 10.3 Å². The second kappa shape index (κ2) is 4.15. The summed E-state index contributed by atoms with van der Waals surface area (Å²) in [4.78, 5) is 12.3. The minimum absolute atomic E-state index is 0.418. The fraction of sp³-hybridized carbons (Fsp3) is 0.143. The molecule has 0 aliphatic rings. The number of halogens is 1. The van der Waals surface area contributed by atoms with E-state index in [1.807, 2.05) is 0 Å². The molecule has 78 valence electrons. The number of hydrogen-bond acceptors (Lipinski definition) is 6. The zero-order valence-corrected chi connectivity index (χ0v) is 10.2. The van der Waals surface area contributed by atoms with Gasteiger partial charge in [0.1, 0.15) is 16.7 Å². The molecule has 0 spiro atoms. The van der Waals surface area contributed by atoms with Crippen molar-refractivity contribution in [2.45, 2.75) is 10.3 Å². The summed E-state index contributed by atoms with van der Waals surface area (Å²) in [5, 5.41) is 5.20. The minimum Gasteiger partial charge on any atom is -0.384 e. The molecule has 8 heteroatoms. The SMILES string of the molecule is Cn1ncnc1Sc1nc(N)cc(Br)n1. The van der Waals surface area contributed by atoms with Gasteiger partial charge in [-0.2, -0.15) is 5.10 Å². The molecule has 15 heavy (non-hydrogen) atoms. The minimum atomic E-state index is 0.418. The Morgan fingerprint density at radius 3 is 2.87 bits per heavy atom. The second-order valence-electron chi connectivity index (χ2n) is 2.67. The topological polar surface area (TPSA) is 82.5 Å². The molecule has 6 nitrogen and oxygen atoms in total. The Bertz CT molecular complexity index is 464. The van der Waals surface area contributed by atoms with Gasteiger partial charge in [0.05, 0.1) is 0 Å². The number of aromatic nitrogens is 5. The quantitative estimate of drug-likeness (QED) is 0.658. The zero-order chi connectivity index (χ0) is 10.8. The summed E-state index contributed by atoms with van der Waals surface area (Å²) in [6.45, 7) is 0. The van der Waals surface area contributed by atoms with E-state index in [1.54, 1.807) is 17.8 Å². The first-order chi connectivity index (χ1) is 7.15. The van der Waals surface area contributed by atoms with Crippen LogP contribution in [0.5, 0.6) is 0 Å². The highest BCUT2D eigenvalue weighted by molar-refractivity contribution is 9.10. The number of nitrogen functional groups attached to an aromatic ring is 1. The molecule has 2 rings (SSSR count). The summed E-state index contributed by atoms with van der Waals surface area (Å²) in [5.74, 6) is 0.418. The van der Waals surface area contributed by atoms with Crippen LogP contribution in [-0.2, 0) is 7.05 Å². The Balaban J connectivity index is 2.28. The molecule has 0 saturated carbocycles. The molecule has 0 unspecified atom stereocenters. The third-order valence-corrected chi connectivity index (χ3v) is 2.87. The van der Waals surface area contributed by atoms with Gasteiger partial charge in [0.25, 0.3) is 0 Å². The molecular weight excluding hydrogens is 280 g/mol. The molecule has 0 amide bonds. The van der Waals surface area contributed by atoms with Crippen molar-refractivity contribution in [3.8, 4) is 0 Å². The molecule has 0 radical (unpaired) electrons. The maximum atomic E-state index is 5.59. The van der Waals surface area contributed by atoms with E-state index in [0.717, 1.165) is 0 Å². The number of rotatable bonds is 2. The lowest BCUT2D eigenvalue weighted by Crippen LogP contribution is -1.97. The van der Waals surface area contributed by atoms with Crippen molar-refractivity contribution >= 4 is 33.5 Å². The Kier molecular flexibility index (Phi) is 2.87. The van der Waals surface area contributed by atoms with Crippen molar-refractivity contribution in [1.29, 1.82) is 0 Å². The van der Waals surface area contributed by atoms with Crippen molar-refractivity contribution in [2.24, 2.45) is 7.05 Å². The molecule has 0 fully saturated rings. The van der Waals surface area contributed by atoms with Gasteiger partial charge in [-0.15, -0.1) is 0 Å². The van der Waals surface area contributed by atoms with Gasteiger partial charge in [0.2, 0.25) is 0 Å². The Labute approximate surface area is 98.5 Å². The largest absolute Gasteiger partial charge is 0.384 e. The smallest absolute Gasteiger partial charge is 0.198 e. The lowest BCUT2D eigenvalue weighted by atomic mass is 10.6. The Hall–Kier alpha value is -1.15. The van der Waals surface area contributed by atoms with E-state index >= 15 is 0 Å². The number of hydrogen-bond donors (Lipinski definition) is 1. The van der Waals surface area contributed by atoms with Gasteiger partial charge in [-0.3, -0.25) is 0 Å². The van der Waals surface area contributed by atoms with Crippen LogP contribution in [0.4, 0.5) is 5.82 Å². The highest BCUT2D eigenvalue weighted by atomic mass is 79.9. The first-order valence-corrected chi connectivity index (χ1v) is 5.58. The molecule has 2 aromatic heterocycles. The van der Waals surface area contributed by atoms with E-state index < -0.39 is 0 Å². The highest BCUT2D eigenvalue weighted by Gasteiger charge is 2.07. The van der Waals surface area contributed by atoms with E-state index in [-0.39, 0.29) is 0 Å². The molecule has 0 aliphatic heterocycles. The molecule has 2 heterocycles. The molecule has 0 aliphatic carbocycles. The van der Waals surface area contributed by atoms with Crippen LogP contribution in [0.15, 0.2) is 27.3 Å². The number of aryl methyl sites for hydroxylation is 1. The fourth-order valence-electron chi connectivity index (χ4n) is 0.919. The van der Waals surface area contributed by atoms with Gasteiger partial charge in [-0.05, 0) is 27.7 Å². The van der Waals surface area contributed by atoms with Crippen LogP contribution in [0.2, 0.25) is 0 Å². The van der Waals surface area contributed by atoms with Gasteiger partial charge < -0.3 is 5.73 Å². The van der Waals surface area contributed by atoms with Crippen molar-refractivity contribution in [3.63, 3.8) is 0 Å². The van der Waals surface area contributed by atoms with Crippen LogP contribution in [-0.4, -0.2) is 24.7 Å². The summed E-state index contributed by atoms with van der Waals surface area (Å²) in [6, 6.07) is 1.64. The molecule has 0 aromatic carbocycles. The summed E-state index contributed by atoms with van der Waals surface area (Å²) in [5.41, 5.74) is 5.59. The maximum absolute atomic E-state index is 5.59. The van der Waals surface area contributed by atoms with Crippen LogP contribution in [0.3, 0.4) is 0 Å². The van der Waals surface area contributed by atoms with E-state index in [9.17, 15) is 0 Å². The van der Waals surface area contributed by atoms with Crippen molar-refractivity contribution in [1.82, 2.24) is 24.7 Å². The lowest BCUT2D eigenvalue weighted by molar-refractivity contribution is 0.683. The normalized spacial score (nSPS) is 10.5. The number of anilines is 1. The second-order valence-corrected chi connectivity index (χ2v) is 4.41. The monoisotopic (exact) mass is 286 g/mol. The first kappa shape index (κ1) is 10.4. The molecule has 0 saturated heterocycles.